The van der Waals surface area contributed by atoms with Crippen molar-refractivity contribution in [2.24, 2.45) is 0 Å². The molecule has 2 aromatic rings. The van der Waals surface area contributed by atoms with Crippen LogP contribution in [-0.2, 0) is 4.79 Å². The van der Waals surface area contributed by atoms with Crippen LogP contribution in [0.5, 0.6) is 5.75 Å². The summed E-state index contributed by atoms with van der Waals surface area (Å²) in [6.45, 7) is 6.12. The summed E-state index contributed by atoms with van der Waals surface area (Å²) in [6, 6.07) is 10.7. The third-order valence-electron chi connectivity index (χ3n) is 4.90. The van der Waals surface area contributed by atoms with Gasteiger partial charge in [-0.3, -0.25) is 14.5 Å². The first-order chi connectivity index (χ1) is 14.0. The number of benzene rings is 1. The number of rotatable bonds is 7. The van der Waals surface area contributed by atoms with Gasteiger partial charge >= 0.3 is 0 Å². The number of carbonyl (C=O) groups is 2. The van der Waals surface area contributed by atoms with Crippen LogP contribution in [0.25, 0.3) is 6.08 Å². The number of aryl methyl sites for hydroxylation is 1. The van der Waals surface area contributed by atoms with Crippen molar-refractivity contribution >= 4 is 17.9 Å². The lowest BCUT2D eigenvalue weighted by molar-refractivity contribution is -0.127. The molecule has 0 bridgehead atoms. The molecule has 1 aliphatic rings. The Labute approximate surface area is 170 Å². The minimum Gasteiger partial charge on any atom is -0.497 e. The van der Waals surface area contributed by atoms with Gasteiger partial charge in [0.2, 0.25) is 5.91 Å². The largest absolute Gasteiger partial charge is 0.497 e. The Kier molecular flexibility index (Phi) is 7.08. The quantitative estimate of drug-likeness (QED) is 0.725. The molecule has 1 N–H and O–H groups in total. The summed E-state index contributed by atoms with van der Waals surface area (Å²) in [4.78, 5) is 28.6. The predicted molar refractivity (Wildman–Crippen MR) is 111 cm³/mol. The standard InChI is InChI=1S/C22H27N3O4/c1-17-3-6-20(29-17)9-10-21(26)25-15-13-24(14-16-25)12-11-23-22(27)18-4-7-19(28-2)8-5-18/h3-10H,11-16H2,1-2H3,(H,23,27). The molecule has 1 saturated heterocycles. The highest BCUT2D eigenvalue weighted by atomic mass is 16.5. The van der Waals surface area contributed by atoms with Crippen LogP contribution >= 0.6 is 0 Å². The minimum atomic E-state index is -0.0974. The van der Waals surface area contributed by atoms with Crippen molar-refractivity contribution in [3.63, 3.8) is 0 Å². The van der Waals surface area contributed by atoms with E-state index >= 15 is 0 Å². The van der Waals surface area contributed by atoms with Gasteiger partial charge in [-0.25, -0.2) is 0 Å². The highest BCUT2D eigenvalue weighted by Gasteiger charge is 2.19. The van der Waals surface area contributed by atoms with Crippen molar-refractivity contribution < 1.29 is 18.7 Å². The Hall–Kier alpha value is -3.06. The molecule has 0 saturated carbocycles. The first-order valence-corrected chi connectivity index (χ1v) is 9.73. The summed E-state index contributed by atoms with van der Waals surface area (Å²) < 4.78 is 10.5. The maximum atomic E-state index is 12.3. The highest BCUT2D eigenvalue weighted by molar-refractivity contribution is 5.94. The first kappa shape index (κ1) is 20.7. The molecule has 1 aromatic heterocycles. The molecule has 7 nitrogen and oxygen atoms in total. The van der Waals surface area contributed by atoms with Gasteiger partial charge in [0.1, 0.15) is 17.3 Å². The number of furan rings is 1. The smallest absolute Gasteiger partial charge is 0.251 e. The molecular formula is C22H27N3O4. The van der Waals surface area contributed by atoms with Crippen molar-refractivity contribution in [2.75, 3.05) is 46.4 Å². The van der Waals surface area contributed by atoms with E-state index in [9.17, 15) is 9.59 Å². The van der Waals surface area contributed by atoms with Crippen LogP contribution < -0.4 is 10.1 Å². The molecule has 0 radical (unpaired) electrons. The van der Waals surface area contributed by atoms with E-state index in [0.29, 0.717) is 31.0 Å². The monoisotopic (exact) mass is 397 g/mol. The SMILES string of the molecule is COc1ccc(C(=O)NCCN2CCN(C(=O)C=Cc3ccc(C)o3)CC2)cc1. The summed E-state index contributed by atoms with van der Waals surface area (Å²) in [5, 5.41) is 2.93. The van der Waals surface area contributed by atoms with Gasteiger partial charge in [0, 0.05) is 50.9 Å². The van der Waals surface area contributed by atoms with Crippen LogP contribution in [0.15, 0.2) is 46.9 Å². The lowest BCUT2D eigenvalue weighted by atomic mass is 10.2. The first-order valence-electron chi connectivity index (χ1n) is 9.73. The normalized spacial score (nSPS) is 14.9. The summed E-state index contributed by atoms with van der Waals surface area (Å²) in [6.07, 6.45) is 3.26. The fourth-order valence-electron chi connectivity index (χ4n) is 3.17. The van der Waals surface area contributed by atoms with E-state index in [2.05, 4.69) is 10.2 Å². The Balaban J connectivity index is 1.36. The fraction of sp³-hybridized carbons (Fsp3) is 0.364. The molecule has 1 aliphatic heterocycles. The average molecular weight is 397 g/mol. The van der Waals surface area contributed by atoms with Crippen molar-refractivity contribution in [2.45, 2.75) is 6.92 Å². The van der Waals surface area contributed by atoms with Crippen LogP contribution in [-0.4, -0.2) is 68.0 Å². The molecular weight excluding hydrogens is 370 g/mol. The molecule has 2 heterocycles. The zero-order valence-corrected chi connectivity index (χ0v) is 16.9. The van der Waals surface area contributed by atoms with E-state index in [1.807, 2.05) is 24.0 Å². The number of amides is 2. The Bertz CT molecular complexity index is 849. The second kappa shape index (κ2) is 9.93. The van der Waals surface area contributed by atoms with Crippen molar-refractivity contribution in [1.82, 2.24) is 15.1 Å². The predicted octanol–water partition coefficient (Wildman–Crippen LogP) is 2.18. The molecule has 1 aromatic carbocycles. The third-order valence-corrected chi connectivity index (χ3v) is 4.90. The molecule has 1 fully saturated rings. The number of methoxy groups -OCH3 is 1. The number of hydrogen-bond donors (Lipinski definition) is 1. The van der Waals surface area contributed by atoms with Crippen LogP contribution in [0, 0.1) is 6.92 Å². The van der Waals surface area contributed by atoms with E-state index in [0.717, 1.165) is 31.1 Å². The van der Waals surface area contributed by atoms with Gasteiger partial charge in [0.25, 0.3) is 5.91 Å². The number of piperazine rings is 1. The molecule has 3 rings (SSSR count). The number of hydrogen-bond acceptors (Lipinski definition) is 5. The van der Waals surface area contributed by atoms with Crippen molar-refractivity contribution in [1.29, 1.82) is 0 Å². The average Bonchev–Trinajstić information content (AvgIpc) is 3.17. The van der Waals surface area contributed by atoms with E-state index in [1.165, 1.54) is 0 Å². The molecule has 154 valence electrons. The number of nitrogens with zero attached hydrogens (tertiary/aromatic N) is 2. The van der Waals surface area contributed by atoms with Gasteiger partial charge in [0.15, 0.2) is 0 Å². The number of carbonyl (C=O) groups excluding carboxylic acids is 2. The maximum Gasteiger partial charge on any atom is 0.251 e. The summed E-state index contributed by atoms with van der Waals surface area (Å²) in [7, 11) is 1.60. The summed E-state index contributed by atoms with van der Waals surface area (Å²) in [5.41, 5.74) is 0.611. The van der Waals surface area contributed by atoms with E-state index in [-0.39, 0.29) is 11.8 Å². The lowest BCUT2D eigenvalue weighted by Crippen LogP contribution is -2.49. The van der Waals surface area contributed by atoms with E-state index < -0.39 is 0 Å². The second-order valence-corrected chi connectivity index (χ2v) is 6.93. The highest BCUT2D eigenvalue weighted by Crippen LogP contribution is 2.11. The van der Waals surface area contributed by atoms with Crippen molar-refractivity contribution in [3.8, 4) is 5.75 Å². The molecule has 2 amide bonds. The molecule has 0 aliphatic carbocycles. The van der Waals surface area contributed by atoms with E-state index in [4.69, 9.17) is 9.15 Å². The Morgan fingerprint density at radius 2 is 1.83 bits per heavy atom. The van der Waals surface area contributed by atoms with Gasteiger partial charge in [0.05, 0.1) is 7.11 Å². The molecule has 0 atom stereocenters. The molecule has 29 heavy (non-hydrogen) atoms. The summed E-state index contributed by atoms with van der Waals surface area (Å²) in [5.74, 6) is 2.13. The zero-order valence-electron chi connectivity index (χ0n) is 16.9. The van der Waals surface area contributed by atoms with Gasteiger partial charge in [-0.15, -0.1) is 0 Å². The Morgan fingerprint density at radius 1 is 1.10 bits per heavy atom. The molecule has 0 unspecified atom stereocenters. The van der Waals surface area contributed by atoms with E-state index in [1.54, 1.807) is 43.5 Å². The second-order valence-electron chi connectivity index (χ2n) is 6.93. The fourth-order valence-corrected chi connectivity index (χ4v) is 3.17. The van der Waals surface area contributed by atoms with Crippen LogP contribution in [0.1, 0.15) is 21.9 Å². The number of nitrogens with one attached hydrogen (secondary N) is 1. The zero-order chi connectivity index (χ0) is 20.6. The van der Waals surface area contributed by atoms with Gasteiger partial charge < -0.3 is 19.4 Å². The van der Waals surface area contributed by atoms with Crippen LogP contribution in [0.3, 0.4) is 0 Å². The maximum absolute atomic E-state index is 12.3. The van der Waals surface area contributed by atoms with Gasteiger partial charge in [-0.1, -0.05) is 0 Å². The third kappa shape index (κ3) is 5.96. The Morgan fingerprint density at radius 3 is 2.45 bits per heavy atom. The van der Waals surface area contributed by atoms with Crippen LogP contribution in [0.2, 0.25) is 0 Å². The topological polar surface area (TPSA) is 75.0 Å². The molecule has 7 heteroatoms. The van der Waals surface area contributed by atoms with Crippen molar-refractivity contribution in [3.05, 3.63) is 59.6 Å². The van der Waals surface area contributed by atoms with Gasteiger partial charge in [-0.2, -0.15) is 0 Å². The lowest BCUT2D eigenvalue weighted by Gasteiger charge is -2.34. The van der Waals surface area contributed by atoms with Gasteiger partial charge in [-0.05, 0) is 49.4 Å². The summed E-state index contributed by atoms with van der Waals surface area (Å²) >= 11 is 0. The van der Waals surface area contributed by atoms with Crippen LogP contribution in [0.4, 0.5) is 0 Å². The minimum absolute atomic E-state index is 0.00786. The molecule has 0 spiro atoms. The number of ether oxygens (including phenoxy) is 1.